The SMILES string of the molecule is COc1ccc(/C=C/C(=O)N2CCC=C(Cl)C2=O)cc1. The highest BCUT2D eigenvalue weighted by molar-refractivity contribution is 6.43. The normalized spacial score (nSPS) is 15.4. The van der Waals surface area contributed by atoms with Gasteiger partial charge in [-0.05, 0) is 30.2 Å². The molecule has 2 rings (SSSR count). The summed E-state index contributed by atoms with van der Waals surface area (Å²) >= 11 is 5.74. The summed E-state index contributed by atoms with van der Waals surface area (Å²) < 4.78 is 5.05. The molecule has 20 heavy (non-hydrogen) atoms. The number of methoxy groups -OCH3 is 1. The first-order valence-corrected chi connectivity index (χ1v) is 6.53. The van der Waals surface area contributed by atoms with Gasteiger partial charge in [-0.15, -0.1) is 0 Å². The van der Waals surface area contributed by atoms with Gasteiger partial charge in [-0.2, -0.15) is 0 Å². The molecule has 0 atom stereocenters. The highest BCUT2D eigenvalue weighted by Gasteiger charge is 2.24. The molecule has 0 aromatic heterocycles. The molecule has 0 aliphatic carbocycles. The van der Waals surface area contributed by atoms with Crippen LogP contribution in [0.15, 0.2) is 41.4 Å². The molecule has 0 radical (unpaired) electrons. The van der Waals surface area contributed by atoms with Crippen LogP contribution in [0, 0.1) is 0 Å². The van der Waals surface area contributed by atoms with Crippen molar-refractivity contribution >= 4 is 29.5 Å². The maximum atomic E-state index is 12.0. The molecule has 1 heterocycles. The number of carbonyl (C=O) groups is 2. The molecule has 0 saturated carbocycles. The van der Waals surface area contributed by atoms with Crippen LogP contribution < -0.4 is 4.74 Å². The average Bonchev–Trinajstić information content (AvgIpc) is 2.48. The van der Waals surface area contributed by atoms with E-state index in [0.29, 0.717) is 13.0 Å². The van der Waals surface area contributed by atoms with Crippen LogP contribution in [0.1, 0.15) is 12.0 Å². The van der Waals surface area contributed by atoms with Crippen LogP contribution in [0.5, 0.6) is 5.75 Å². The van der Waals surface area contributed by atoms with Gasteiger partial charge in [-0.25, -0.2) is 0 Å². The third kappa shape index (κ3) is 3.27. The summed E-state index contributed by atoms with van der Waals surface area (Å²) in [5.74, 6) is -0.0593. The minimum absolute atomic E-state index is 0.0995. The van der Waals surface area contributed by atoms with Crippen LogP contribution in [0.3, 0.4) is 0 Å². The second-order valence-electron chi connectivity index (χ2n) is 4.24. The van der Waals surface area contributed by atoms with E-state index in [1.54, 1.807) is 31.4 Å². The smallest absolute Gasteiger partial charge is 0.271 e. The Morgan fingerprint density at radius 1 is 1.35 bits per heavy atom. The summed E-state index contributed by atoms with van der Waals surface area (Å²) in [6.45, 7) is 0.362. The van der Waals surface area contributed by atoms with E-state index in [2.05, 4.69) is 0 Å². The fourth-order valence-electron chi connectivity index (χ4n) is 1.82. The zero-order chi connectivity index (χ0) is 14.5. The zero-order valence-electron chi connectivity index (χ0n) is 11.0. The van der Waals surface area contributed by atoms with Crippen molar-refractivity contribution in [3.8, 4) is 5.75 Å². The second-order valence-corrected chi connectivity index (χ2v) is 4.65. The van der Waals surface area contributed by atoms with Crippen molar-refractivity contribution in [3.63, 3.8) is 0 Å². The van der Waals surface area contributed by atoms with E-state index < -0.39 is 5.91 Å². The quantitative estimate of drug-likeness (QED) is 0.804. The molecular weight excluding hydrogens is 278 g/mol. The van der Waals surface area contributed by atoms with Crippen molar-refractivity contribution < 1.29 is 14.3 Å². The topological polar surface area (TPSA) is 46.6 Å². The lowest BCUT2D eigenvalue weighted by Gasteiger charge is -2.21. The maximum Gasteiger partial charge on any atom is 0.271 e. The molecule has 0 fully saturated rings. The Morgan fingerprint density at radius 3 is 2.70 bits per heavy atom. The van der Waals surface area contributed by atoms with E-state index in [4.69, 9.17) is 16.3 Å². The first-order valence-electron chi connectivity index (χ1n) is 6.15. The molecule has 1 aliphatic heterocycles. The predicted molar refractivity (Wildman–Crippen MR) is 77.3 cm³/mol. The Morgan fingerprint density at radius 2 is 2.05 bits per heavy atom. The Hall–Kier alpha value is -2.07. The van der Waals surface area contributed by atoms with Gasteiger partial charge < -0.3 is 4.74 Å². The number of ether oxygens (including phenoxy) is 1. The average molecular weight is 292 g/mol. The highest BCUT2D eigenvalue weighted by Crippen LogP contribution is 2.16. The first kappa shape index (κ1) is 14.3. The zero-order valence-corrected chi connectivity index (χ0v) is 11.8. The standard InChI is InChI=1S/C15H14ClNO3/c1-20-12-7-4-11(5-8-12)6-9-14(18)17-10-2-3-13(16)15(17)19/h3-9H,2,10H2,1H3/b9-6+. The number of benzene rings is 1. The summed E-state index contributed by atoms with van der Waals surface area (Å²) in [7, 11) is 1.59. The molecule has 1 aromatic carbocycles. The van der Waals surface area contributed by atoms with Crippen LogP contribution >= 0.6 is 11.6 Å². The molecule has 1 aromatic rings. The minimum atomic E-state index is -0.442. The molecular formula is C15H14ClNO3. The largest absolute Gasteiger partial charge is 0.497 e. The van der Waals surface area contributed by atoms with E-state index in [-0.39, 0.29) is 10.9 Å². The lowest BCUT2D eigenvalue weighted by Crippen LogP contribution is -2.38. The lowest BCUT2D eigenvalue weighted by molar-refractivity contribution is -0.139. The number of imide groups is 1. The van der Waals surface area contributed by atoms with Crippen molar-refractivity contribution in [3.05, 3.63) is 47.0 Å². The van der Waals surface area contributed by atoms with Crippen LogP contribution in [-0.4, -0.2) is 30.4 Å². The van der Waals surface area contributed by atoms with E-state index in [0.717, 1.165) is 16.2 Å². The van der Waals surface area contributed by atoms with E-state index in [1.807, 2.05) is 12.1 Å². The van der Waals surface area contributed by atoms with Crippen molar-refractivity contribution in [2.75, 3.05) is 13.7 Å². The van der Waals surface area contributed by atoms with Crippen molar-refractivity contribution in [2.24, 2.45) is 0 Å². The summed E-state index contributed by atoms with van der Waals surface area (Å²) in [6.07, 6.45) is 5.24. The van der Waals surface area contributed by atoms with Gasteiger partial charge in [-0.3, -0.25) is 14.5 Å². The number of rotatable bonds is 3. The second kappa shape index (κ2) is 6.39. The Labute approximate surface area is 122 Å². The van der Waals surface area contributed by atoms with Crippen LogP contribution in [0.25, 0.3) is 6.08 Å². The summed E-state index contributed by atoms with van der Waals surface area (Å²) in [4.78, 5) is 24.8. The van der Waals surface area contributed by atoms with E-state index in [1.165, 1.54) is 6.08 Å². The van der Waals surface area contributed by atoms with Crippen LogP contribution in [-0.2, 0) is 9.59 Å². The van der Waals surface area contributed by atoms with Gasteiger partial charge >= 0.3 is 0 Å². The molecule has 0 unspecified atom stereocenters. The maximum absolute atomic E-state index is 12.0. The minimum Gasteiger partial charge on any atom is -0.497 e. The number of carbonyl (C=O) groups excluding carboxylic acids is 2. The molecule has 1 aliphatic rings. The van der Waals surface area contributed by atoms with Gasteiger partial charge in [0.05, 0.1) is 7.11 Å². The molecule has 2 amide bonds. The molecule has 0 bridgehead atoms. The molecule has 4 nitrogen and oxygen atoms in total. The lowest BCUT2D eigenvalue weighted by atomic mass is 10.2. The third-order valence-electron chi connectivity index (χ3n) is 2.93. The number of halogens is 1. The van der Waals surface area contributed by atoms with Gasteiger partial charge in [0.2, 0.25) is 0 Å². The van der Waals surface area contributed by atoms with Crippen LogP contribution in [0.2, 0.25) is 0 Å². The van der Waals surface area contributed by atoms with Crippen molar-refractivity contribution in [2.45, 2.75) is 6.42 Å². The molecule has 0 spiro atoms. The highest BCUT2D eigenvalue weighted by atomic mass is 35.5. The van der Waals surface area contributed by atoms with Crippen molar-refractivity contribution in [1.82, 2.24) is 4.90 Å². The van der Waals surface area contributed by atoms with Gasteiger partial charge in [-0.1, -0.05) is 29.8 Å². The predicted octanol–water partition coefficient (Wildman–Crippen LogP) is 2.59. The third-order valence-corrected chi connectivity index (χ3v) is 3.24. The van der Waals surface area contributed by atoms with E-state index >= 15 is 0 Å². The monoisotopic (exact) mass is 291 g/mol. The van der Waals surface area contributed by atoms with Gasteiger partial charge in [0.25, 0.3) is 11.8 Å². The fraction of sp³-hybridized carbons (Fsp3) is 0.200. The number of amides is 2. The molecule has 104 valence electrons. The van der Waals surface area contributed by atoms with Gasteiger partial charge in [0.15, 0.2) is 0 Å². The van der Waals surface area contributed by atoms with Crippen LogP contribution in [0.4, 0.5) is 0 Å². The van der Waals surface area contributed by atoms with Crippen molar-refractivity contribution in [1.29, 1.82) is 0 Å². The Bertz CT molecular complexity index is 575. The van der Waals surface area contributed by atoms with Gasteiger partial charge in [0, 0.05) is 12.6 Å². The Kier molecular flexibility index (Phi) is 4.58. The number of nitrogens with zero attached hydrogens (tertiary/aromatic N) is 1. The van der Waals surface area contributed by atoms with Gasteiger partial charge in [0.1, 0.15) is 10.8 Å². The summed E-state index contributed by atoms with van der Waals surface area (Å²) in [6, 6.07) is 7.26. The molecule has 5 heteroatoms. The first-order chi connectivity index (χ1) is 9.61. The Balaban J connectivity index is 2.05. The number of hydrogen-bond acceptors (Lipinski definition) is 3. The fourth-order valence-corrected chi connectivity index (χ4v) is 2.03. The number of hydrogen-bond donors (Lipinski definition) is 0. The summed E-state index contributed by atoms with van der Waals surface area (Å²) in [5, 5.41) is 0.0995. The van der Waals surface area contributed by atoms with E-state index in [9.17, 15) is 9.59 Å². The molecule has 0 N–H and O–H groups in total. The summed E-state index contributed by atoms with van der Waals surface area (Å²) in [5.41, 5.74) is 0.852. The molecule has 0 saturated heterocycles.